The third kappa shape index (κ3) is 3.39. The zero-order valence-electron chi connectivity index (χ0n) is 11.5. The fraction of sp³-hybridized carbons (Fsp3) is 0.286. The number of sulfonamides is 1. The molecule has 0 saturated carbocycles. The van der Waals surface area contributed by atoms with Crippen molar-refractivity contribution in [2.24, 2.45) is 5.14 Å². The van der Waals surface area contributed by atoms with Crippen LogP contribution in [0.5, 0.6) is 0 Å². The second-order valence-electron chi connectivity index (χ2n) is 4.55. The molecule has 0 aliphatic heterocycles. The molecular weight excluding hydrogens is 292 g/mol. The number of thiophene rings is 1. The number of primary sulfonamides is 1. The van der Waals surface area contributed by atoms with E-state index in [1.54, 1.807) is 24.3 Å². The summed E-state index contributed by atoms with van der Waals surface area (Å²) in [6, 6.07) is 9.29. The van der Waals surface area contributed by atoms with Gasteiger partial charge in [0.2, 0.25) is 10.0 Å². The summed E-state index contributed by atoms with van der Waals surface area (Å²) in [5, 5.41) is 8.47. The number of nitrogens with two attached hydrogens (primary N) is 1. The summed E-state index contributed by atoms with van der Waals surface area (Å²) in [6.45, 7) is 4.57. The Morgan fingerprint density at radius 3 is 2.50 bits per heavy atom. The van der Waals surface area contributed by atoms with Gasteiger partial charge in [-0.15, -0.1) is 11.3 Å². The first-order chi connectivity index (χ1) is 9.41. The van der Waals surface area contributed by atoms with Crippen molar-refractivity contribution in [1.82, 2.24) is 0 Å². The maximum Gasteiger partial charge on any atom is 0.238 e. The average Bonchev–Trinajstić information content (AvgIpc) is 2.84. The highest BCUT2D eigenvalue weighted by molar-refractivity contribution is 7.89. The minimum atomic E-state index is -3.68. The molecule has 2 rings (SSSR count). The molecule has 1 heterocycles. The minimum absolute atomic E-state index is 0.169. The van der Waals surface area contributed by atoms with Crippen LogP contribution >= 0.6 is 11.3 Å². The molecule has 20 heavy (non-hydrogen) atoms. The molecule has 0 fully saturated rings. The van der Waals surface area contributed by atoms with Gasteiger partial charge in [-0.25, -0.2) is 13.6 Å². The monoisotopic (exact) mass is 310 g/mol. The van der Waals surface area contributed by atoms with Crippen molar-refractivity contribution in [3.8, 4) is 0 Å². The van der Waals surface area contributed by atoms with Gasteiger partial charge < -0.3 is 5.32 Å². The molecule has 0 amide bonds. The molecular formula is C14H18N2O2S2. The Bertz CT molecular complexity index is 706. The second kappa shape index (κ2) is 5.95. The first-order valence-corrected chi connectivity index (χ1v) is 8.72. The lowest BCUT2D eigenvalue weighted by Gasteiger charge is -2.11. The molecule has 1 aromatic heterocycles. The first kappa shape index (κ1) is 15.0. The Hall–Kier alpha value is -1.37. The van der Waals surface area contributed by atoms with E-state index in [4.69, 9.17) is 5.14 Å². The van der Waals surface area contributed by atoms with Gasteiger partial charge in [-0.2, -0.15) is 0 Å². The normalized spacial score (nSPS) is 11.6. The number of anilines is 1. The predicted molar refractivity (Wildman–Crippen MR) is 83.6 cm³/mol. The lowest BCUT2D eigenvalue weighted by atomic mass is 10.2. The van der Waals surface area contributed by atoms with E-state index in [9.17, 15) is 8.42 Å². The first-order valence-electron chi connectivity index (χ1n) is 6.35. The summed E-state index contributed by atoms with van der Waals surface area (Å²) in [5.74, 6) is 0. The predicted octanol–water partition coefficient (Wildman–Crippen LogP) is 2.88. The van der Waals surface area contributed by atoms with E-state index in [-0.39, 0.29) is 4.90 Å². The molecule has 0 aliphatic rings. The van der Waals surface area contributed by atoms with Crippen LogP contribution in [0.3, 0.4) is 0 Å². The average molecular weight is 310 g/mol. The molecule has 0 aliphatic carbocycles. The highest BCUT2D eigenvalue weighted by Gasteiger charge is 2.13. The van der Waals surface area contributed by atoms with E-state index in [0.717, 1.165) is 12.1 Å². The van der Waals surface area contributed by atoms with Crippen molar-refractivity contribution in [2.45, 2.75) is 31.7 Å². The molecule has 1 aromatic carbocycles. The summed E-state index contributed by atoms with van der Waals surface area (Å²) in [5.41, 5.74) is 1.45. The SMILES string of the molecule is CCc1ccc(CNc2cccc(S(N)(=O)=O)c2C)s1. The van der Waals surface area contributed by atoms with Crippen LogP contribution in [0.2, 0.25) is 0 Å². The third-order valence-corrected chi connectivity index (χ3v) is 5.39. The smallest absolute Gasteiger partial charge is 0.238 e. The van der Waals surface area contributed by atoms with E-state index in [2.05, 4.69) is 24.4 Å². The number of benzene rings is 1. The highest BCUT2D eigenvalue weighted by atomic mass is 32.2. The van der Waals surface area contributed by atoms with E-state index in [0.29, 0.717) is 12.1 Å². The number of hydrogen-bond acceptors (Lipinski definition) is 4. The second-order valence-corrected chi connectivity index (χ2v) is 7.33. The quantitative estimate of drug-likeness (QED) is 0.892. The molecule has 6 heteroatoms. The fourth-order valence-corrected chi connectivity index (χ4v) is 3.71. The minimum Gasteiger partial charge on any atom is -0.380 e. The topological polar surface area (TPSA) is 72.2 Å². The molecule has 0 atom stereocenters. The van der Waals surface area contributed by atoms with Gasteiger partial charge in [0.05, 0.1) is 4.90 Å². The number of aryl methyl sites for hydroxylation is 1. The lowest BCUT2D eigenvalue weighted by molar-refractivity contribution is 0.597. The summed E-state index contributed by atoms with van der Waals surface area (Å²) in [7, 11) is -3.68. The van der Waals surface area contributed by atoms with E-state index in [1.165, 1.54) is 15.8 Å². The van der Waals surface area contributed by atoms with E-state index in [1.807, 2.05) is 6.07 Å². The van der Waals surface area contributed by atoms with Gasteiger partial charge in [-0.1, -0.05) is 13.0 Å². The van der Waals surface area contributed by atoms with Crippen molar-refractivity contribution in [2.75, 3.05) is 5.32 Å². The van der Waals surface area contributed by atoms with Gasteiger partial charge in [-0.3, -0.25) is 0 Å². The van der Waals surface area contributed by atoms with Crippen molar-refractivity contribution in [3.63, 3.8) is 0 Å². The number of hydrogen-bond donors (Lipinski definition) is 2. The van der Waals surface area contributed by atoms with Crippen LogP contribution in [0.25, 0.3) is 0 Å². The van der Waals surface area contributed by atoms with Crippen LogP contribution in [-0.2, 0) is 23.0 Å². The third-order valence-electron chi connectivity index (χ3n) is 3.11. The maximum atomic E-state index is 11.5. The Kier molecular flexibility index (Phi) is 4.47. The van der Waals surface area contributed by atoms with Crippen LogP contribution in [-0.4, -0.2) is 8.42 Å². The largest absolute Gasteiger partial charge is 0.380 e. The van der Waals surface area contributed by atoms with Crippen LogP contribution in [0, 0.1) is 6.92 Å². The Labute approximate surface area is 123 Å². The van der Waals surface area contributed by atoms with Crippen molar-refractivity contribution < 1.29 is 8.42 Å². The molecule has 108 valence electrons. The standard InChI is InChI=1S/C14H18N2O2S2/c1-3-11-7-8-12(19-11)9-16-13-5-4-6-14(10(13)2)20(15,17)18/h4-8,16H,3,9H2,1-2H3,(H2,15,17,18). The highest BCUT2D eigenvalue weighted by Crippen LogP contribution is 2.24. The fourth-order valence-electron chi connectivity index (χ4n) is 2.00. The molecule has 4 nitrogen and oxygen atoms in total. The van der Waals surface area contributed by atoms with E-state index >= 15 is 0 Å². The molecule has 0 unspecified atom stereocenters. The van der Waals surface area contributed by atoms with Gasteiger partial charge in [-0.05, 0) is 43.2 Å². The van der Waals surface area contributed by atoms with Crippen molar-refractivity contribution in [3.05, 3.63) is 45.6 Å². The Morgan fingerprint density at radius 2 is 1.90 bits per heavy atom. The van der Waals surface area contributed by atoms with Gasteiger partial charge in [0.25, 0.3) is 0 Å². The molecule has 2 aromatic rings. The zero-order chi connectivity index (χ0) is 14.8. The Morgan fingerprint density at radius 1 is 1.20 bits per heavy atom. The molecule has 0 saturated heterocycles. The molecule has 0 bridgehead atoms. The molecule has 0 radical (unpaired) electrons. The van der Waals surface area contributed by atoms with Crippen molar-refractivity contribution >= 4 is 27.0 Å². The van der Waals surface area contributed by atoms with Crippen LogP contribution < -0.4 is 10.5 Å². The van der Waals surface area contributed by atoms with Gasteiger partial charge in [0.15, 0.2) is 0 Å². The van der Waals surface area contributed by atoms with Gasteiger partial charge >= 0.3 is 0 Å². The molecule has 0 spiro atoms. The lowest BCUT2D eigenvalue weighted by Crippen LogP contribution is -2.14. The maximum absolute atomic E-state index is 11.5. The van der Waals surface area contributed by atoms with E-state index < -0.39 is 10.0 Å². The summed E-state index contributed by atoms with van der Waals surface area (Å²) in [4.78, 5) is 2.74. The van der Waals surface area contributed by atoms with Crippen LogP contribution in [0.1, 0.15) is 22.2 Å². The van der Waals surface area contributed by atoms with Gasteiger partial charge in [0.1, 0.15) is 0 Å². The zero-order valence-corrected chi connectivity index (χ0v) is 13.1. The Balaban J connectivity index is 2.18. The summed E-state index contributed by atoms with van der Waals surface area (Å²) in [6.07, 6.45) is 1.03. The van der Waals surface area contributed by atoms with Crippen LogP contribution in [0.4, 0.5) is 5.69 Å². The van der Waals surface area contributed by atoms with Gasteiger partial charge in [0, 0.05) is 22.0 Å². The number of nitrogens with one attached hydrogen (secondary N) is 1. The molecule has 3 N–H and O–H groups in total. The summed E-state index contributed by atoms with van der Waals surface area (Å²) < 4.78 is 22.9. The van der Waals surface area contributed by atoms with Crippen molar-refractivity contribution in [1.29, 1.82) is 0 Å². The van der Waals surface area contributed by atoms with Crippen LogP contribution in [0.15, 0.2) is 35.2 Å². The number of rotatable bonds is 5. The summed E-state index contributed by atoms with van der Waals surface area (Å²) >= 11 is 1.76.